The Labute approximate surface area is 168 Å². The second-order valence-electron chi connectivity index (χ2n) is 8.15. The average Bonchev–Trinajstić information content (AvgIpc) is 3.24. The SMILES string of the molecule is Cn1nc(C(=O)N2CCCC3(CCC(=O)N(CCc4cnc[nH]4)C3)C2)ccc1=O. The van der Waals surface area contributed by atoms with E-state index in [1.165, 1.54) is 16.8 Å². The first kappa shape index (κ1) is 19.4. The van der Waals surface area contributed by atoms with Crippen molar-refractivity contribution in [2.24, 2.45) is 12.5 Å². The van der Waals surface area contributed by atoms with Crippen LogP contribution in [0, 0.1) is 5.41 Å². The molecule has 1 unspecified atom stereocenters. The third kappa shape index (κ3) is 4.08. The van der Waals surface area contributed by atoms with Gasteiger partial charge in [0.1, 0.15) is 5.69 Å². The number of imidazole rings is 1. The number of hydrogen-bond acceptors (Lipinski definition) is 5. The Morgan fingerprint density at radius 3 is 2.86 bits per heavy atom. The standard InChI is InChI=1S/C20H26N6O3/c1-24-17(27)4-3-16(23-24)19(29)26-9-2-7-20(13-26)8-5-18(28)25(12-20)10-6-15-11-21-14-22-15/h3-4,11,14H,2,5-10,12-13H2,1H3,(H,21,22). The number of piperidine rings is 2. The number of carbonyl (C=O) groups is 2. The molecule has 4 rings (SSSR count). The van der Waals surface area contributed by atoms with Crippen LogP contribution in [0.1, 0.15) is 41.9 Å². The van der Waals surface area contributed by atoms with Crippen LogP contribution in [0.5, 0.6) is 0 Å². The Bertz CT molecular complexity index is 953. The van der Waals surface area contributed by atoms with Crippen molar-refractivity contribution in [2.45, 2.75) is 32.1 Å². The molecule has 0 aromatic carbocycles. The van der Waals surface area contributed by atoms with E-state index in [4.69, 9.17) is 0 Å². The van der Waals surface area contributed by atoms with E-state index in [9.17, 15) is 14.4 Å². The summed E-state index contributed by atoms with van der Waals surface area (Å²) in [6.07, 6.45) is 7.40. The Morgan fingerprint density at radius 2 is 2.10 bits per heavy atom. The average molecular weight is 398 g/mol. The minimum Gasteiger partial charge on any atom is -0.348 e. The maximum absolute atomic E-state index is 13.0. The number of hydrogen-bond donors (Lipinski definition) is 1. The van der Waals surface area contributed by atoms with E-state index in [2.05, 4.69) is 15.1 Å². The van der Waals surface area contributed by atoms with Crippen LogP contribution in [0.25, 0.3) is 0 Å². The lowest BCUT2D eigenvalue weighted by Crippen LogP contribution is -2.55. The first-order valence-corrected chi connectivity index (χ1v) is 10.0. The predicted molar refractivity (Wildman–Crippen MR) is 105 cm³/mol. The molecule has 0 bridgehead atoms. The van der Waals surface area contributed by atoms with Crippen molar-refractivity contribution >= 4 is 11.8 Å². The fourth-order valence-electron chi connectivity index (χ4n) is 4.48. The van der Waals surface area contributed by atoms with Crippen molar-refractivity contribution in [3.63, 3.8) is 0 Å². The Morgan fingerprint density at radius 1 is 1.24 bits per heavy atom. The summed E-state index contributed by atoms with van der Waals surface area (Å²) in [6.45, 7) is 2.61. The Balaban J connectivity index is 1.45. The van der Waals surface area contributed by atoms with Gasteiger partial charge in [0.25, 0.3) is 11.5 Å². The van der Waals surface area contributed by atoms with E-state index < -0.39 is 0 Å². The molecule has 0 saturated carbocycles. The number of nitrogens with zero attached hydrogens (tertiary/aromatic N) is 5. The van der Waals surface area contributed by atoms with Gasteiger partial charge < -0.3 is 14.8 Å². The molecule has 29 heavy (non-hydrogen) atoms. The molecule has 1 N–H and O–H groups in total. The minimum absolute atomic E-state index is 0.0729. The molecule has 154 valence electrons. The molecule has 1 atom stereocenters. The third-order valence-corrected chi connectivity index (χ3v) is 6.08. The molecule has 2 aromatic heterocycles. The van der Waals surface area contributed by atoms with Gasteiger partial charge in [0, 0.05) is 69.4 Å². The molecule has 2 aliphatic rings. The van der Waals surface area contributed by atoms with Crippen LogP contribution in [-0.4, -0.2) is 67.5 Å². The summed E-state index contributed by atoms with van der Waals surface area (Å²) in [6, 6.07) is 2.86. The van der Waals surface area contributed by atoms with E-state index in [1.807, 2.05) is 9.80 Å². The van der Waals surface area contributed by atoms with Crippen molar-refractivity contribution in [3.05, 3.63) is 46.4 Å². The van der Waals surface area contributed by atoms with E-state index in [1.54, 1.807) is 19.6 Å². The minimum atomic E-state index is -0.240. The third-order valence-electron chi connectivity index (χ3n) is 6.08. The second kappa shape index (κ2) is 7.81. The van der Waals surface area contributed by atoms with Gasteiger partial charge in [-0.15, -0.1) is 0 Å². The lowest BCUT2D eigenvalue weighted by Gasteiger charge is -2.48. The smallest absolute Gasteiger partial charge is 0.274 e. The van der Waals surface area contributed by atoms with Crippen LogP contribution in [0.15, 0.2) is 29.5 Å². The topological polar surface area (TPSA) is 104 Å². The highest BCUT2D eigenvalue weighted by Crippen LogP contribution is 2.39. The van der Waals surface area contributed by atoms with Crippen molar-refractivity contribution in [2.75, 3.05) is 26.2 Å². The van der Waals surface area contributed by atoms with Gasteiger partial charge in [-0.25, -0.2) is 9.67 Å². The molecule has 9 heteroatoms. The second-order valence-corrected chi connectivity index (χ2v) is 8.15. The summed E-state index contributed by atoms with van der Waals surface area (Å²) in [5.74, 6) is 0.0268. The van der Waals surface area contributed by atoms with Crippen LogP contribution >= 0.6 is 0 Å². The fraction of sp³-hybridized carbons (Fsp3) is 0.550. The summed E-state index contributed by atoms with van der Waals surface area (Å²) >= 11 is 0. The van der Waals surface area contributed by atoms with Crippen molar-refractivity contribution in [1.82, 2.24) is 29.5 Å². The van der Waals surface area contributed by atoms with Gasteiger partial charge in [0.15, 0.2) is 0 Å². The Kier molecular flexibility index (Phi) is 5.21. The van der Waals surface area contributed by atoms with Gasteiger partial charge in [-0.3, -0.25) is 14.4 Å². The van der Waals surface area contributed by atoms with Crippen LogP contribution in [0.3, 0.4) is 0 Å². The number of amides is 2. The quantitative estimate of drug-likeness (QED) is 0.812. The molecule has 0 radical (unpaired) electrons. The van der Waals surface area contributed by atoms with E-state index in [0.29, 0.717) is 32.6 Å². The van der Waals surface area contributed by atoms with Crippen molar-refractivity contribution < 1.29 is 9.59 Å². The Hall–Kier alpha value is -2.97. The number of likely N-dealkylation sites (tertiary alicyclic amines) is 2. The van der Waals surface area contributed by atoms with Gasteiger partial charge in [-0.05, 0) is 25.3 Å². The fourth-order valence-corrected chi connectivity index (χ4v) is 4.48. The van der Waals surface area contributed by atoms with Gasteiger partial charge in [0.2, 0.25) is 5.91 Å². The first-order valence-electron chi connectivity index (χ1n) is 10.0. The number of rotatable bonds is 4. The van der Waals surface area contributed by atoms with Crippen molar-refractivity contribution in [3.8, 4) is 0 Å². The lowest BCUT2D eigenvalue weighted by atomic mass is 9.73. The maximum Gasteiger partial charge on any atom is 0.274 e. The van der Waals surface area contributed by atoms with Gasteiger partial charge in [-0.1, -0.05) is 0 Å². The van der Waals surface area contributed by atoms with Crippen LogP contribution < -0.4 is 5.56 Å². The highest BCUT2D eigenvalue weighted by molar-refractivity contribution is 5.92. The van der Waals surface area contributed by atoms with Crippen LogP contribution in [0.2, 0.25) is 0 Å². The zero-order valence-corrected chi connectivity index (χ0v) is 16.6. The normalized spacial score (nSPS) is 22.3. The number of H-pyrrole nitrogens is 1. The highest BCUT2D eigenvalue weighted by atomic mass is 16.2. The summed E-state index contributed by atoms with van der Waals surface area (Å²) in [4.78, 5) is 47.9. The molecule has 9 nitrogen and oxygen atoms in total. The summed E-state index contributed by atoms with van der Waals surface area (Å²) in [7, 11) is 1.54. The zero-order chi connectivity index (χ0) is 20.4. The van der Waals surface area contributed by atoms with Crippen molar-refractivity contribution in [1.29, 1.82) is 0 Å². The molecular formula is C20H26N6O3. The van der Waals surface area contributed by atoms with Gasteiger partial charge in [-0.2, -0.15) is 5.10 Å². The molecule has 2 aliphatic heterocycles. The molecule has 1 spiro atoms. The highest BCUT2D eigenvalue weighted by Gasteiger charge is 2.42. The number of aromatic nitrogens is 4. The van der Waals surface area contributed by atoms with Gasteiger partial charge >= 0.3 is 0 Å². The van der Waals surface area contributed by atoms with E-state index in [-0.39, 0.29) is 28.5 Å². The zero-order valence-electron chi connectivity index (χ0n) is 16.6. The summed E-state index contributed by atoms with van der Waals surface area (Å²) in [5, 5.41) is 4.11. The largest absolute Gasteiger partial charge is 0.348 e. The molecule has 2 amide bonds. The monoisotopic (exact) mass is 398 g/mol. The molecule has 0 aliphatic carbocycles. The predicted octanol–water partition coefficient (Wildman–Crippen LogP) is 0.591. The maximum atomic E-state index is 13.0. The first-order chi connectivity index (χ1) is 14.0. The lowest BCUT2D eigenvalue weighted by molar-refractivity contribution is -0.138. The molecule has 2 aromatic rings. The summed E-state index contributed by atoms with van der Waals surface area (Å²) < 4.78 is 1.18. The number of carbonyl (C=O) groups excluding carboxylic acids is 2. The molecule has 4 heterocycles. The molecular weight excluding hydrogens is 372 g/mol. The van der Waals surface area contributed by atoms with Gasteiger partial charge in [0.05, 0.1) is 6.33 Å². The van der Waals surface area contributed by atoms with E-state index in [0.717, 1.165) is 31.4 Å². The van der Waals surface area contributed by atoms with Crippen LogP contribution in [0.4, 0.5) is 0 Å². The molecule has 2 fully saturated rings. The molecule has 2 saturated heterocycles. The number of nitrogens with one attached hydrogen (secondary N) is 1. The van der Waals surface area contributed by atoms with E-state index >= 15 is 0 Å². The number of aryl methyl sites for hydroxylation is 1. The van der Waals surface area contributed by atoms with Crippen LogP contribution in [-0.2, 0) is 18.3 Å². The number of aromatic amines is 1. The summed E-state index contributed by atoms with van der Waals surface area (Å²) in [5.41, 5.74) is 0.984.